The van der Waals surface area contributed by atoms with Crippen molar-refractivity contribution >= 4 is 17.5 Å². The Hall–Kier alpha value is -1.70. The molecule has 2 N–H and O–H groups in total. The Morgan fingerprint density at radius 3 is 2.35 bits per heavy atom. The van der Waals surface area contributed by atoms with Crippen LogP contribution >= 0.6 is 0 Å². The van der Waals surface area contributed by atoms with Crippen molar-refractivity contribution in [2.45, 2.75) is 46.0 Å². The van der Waals surface area contributed by atoms with E-state index < -0.39 is 0 Å². The van der Waals surface area contributed by atoms with Crippen LogP contribution in [0.5, 0.6) is 0 Å². The fourth-order valence-corrected chi connectivity index (χ4v) is 2.43. The molecule has 0 aromatic heterocycles. The second-order valence-electron chi connectivity index (χ2n) is 5.65. The SMILES string of the molecule is C=C(C)c1ccc(CCC(CCC=N)CC(C)=N)cc1. The zero-order chi connectivity index (χ0) is 15.0. The highest BCUT2D eigenvalue weighted by Crippen LogP contribution is 2.20. The number of benzene rings is 1. The predicted octanol–water partition coefficient (Wildman–Crippen LogP) is 5.13. The van der Waals surface area contributed by atoms with Crippen LogP contribution in [-0.4, -0.2) is 11.9 Å². The van der Waals surface area contributed by atoms with Gasteiger partial charge in [0.1, 0.15) is 0 Å². The molecular formula is C18H26N2. The largest absolute Gasteiger partial charge is 0.313 e. The lowest BCUT2D eigenvalue weighted by Gasteiger charge is -2.15. The number of hydrogen-bond acceptors (Lipinski definition) is 2. The molecule has 2 nitrogen and oxygen atoms in total. The zero-order valence-corrected chi connectivity index (χ0v) is 12.7. The highest BCUT2D eigenvalue weighted by Gasteiger charge is 2.09. The first-order valence-corrected chi connectivity index (χ1v) is 7.30. The Balaban J connectivity index is 2.54. The van der Waals surface area contributed by atoms with Crippen LogP contribution < -0.4 is 0 Å². The van der Waals surface area contributed by atoms with E-state index in [0.29, 0.717) is 5.92 Å². The molecule has 0 aliphatic carbocycles. The molecule has 0 spiro atoms. The topological polar surface area (TPSA) is 47.7 Å². The number of nitrogens with one attached hydrogen (secondary N) is 2. The van der Waals surface area contributed by atoms with Gasteiger partial charge in [-0.3, -0.25) is 0 Å². The van der Waals surface area contributed by atoms with E-state index in [1.54, 1.807) is 0 Å². The van der Waals surface area contributed by atoms with Gasteiger partial charge in [0.25, 0.3) is 0 Å². The Kier molecular flexibility index (Phi) is 6.92. The van der Waals surface area contributed by atoms with Gasteiger partial charge >= 0.3 is 0 Å². The molecule has 0 saturated heterocycles. The first-order chi connectivity index (χ1) is 9.52. The molecule has 1 rings (SSSR count). The van der Waals surface area contributed by atoms with Gasteiger partial charge in [-0.1, -0.05) is 36.4 Å². The minimum absolute atomic E-state index is 0.523. The Morgan fingerprint density at radius 2 is 1.85 bits per heavy atom. The summed E-state index contributed by atoms with van der Waals surface area (Å²) < 4.78 is 0. The van der Waals surface area contributed by atoms with Crippen LogP contribution in [0, 0.1) is 16.7 Å². The zero-order valence-electron chi connectivity index (χ0n) is 12.7. The summed E-state index contributed by atoms with van der Waals surface area (Å²) in [6.45, 7) is 7.85. The summed E-state index contributed by atoms with van der Waals surface area (Å²) in [6.07, 6.45) is 6.32. The molecule has 2 heteroatoms. The summed E-state index contributed by atoms with van der Waals surface area (Å²) >= 11 is 0. The number of rotatable bonds is 9. The van der Waals surface area contributed by atoms with E-state index in [0.717, 1.165) is 43.4 Å². The van der Waals surface area contributed by atoms with Crippen LogP contribution in [0.1, 0.15) is 50.7 Å². The van der Waals surface area contributed by atoms with Crippen molar-refractivity contribution < 1.29 is 0 Å². The van der Waals surface area contributed by atoms with Crippen LogP contribution in [0.3, 0.4) is 0 Å². The maximum absolute atomic E-state index is 7.65. The quantitative estimate of drug-likeness (QED) is 0.585. The number of allylic oxidation sites excluding steroid dienone is 1. The molecule has 0 saturated carbocycles. The third kappa shape index (κ3) is 5.96. The van der Waals surface area contributed by atoms with Gasteiger partial charge in [0.05, 0.1) is 0 Å². The Bertz CT molecular complexity index is 457. The van der Waals surface area contributed by atoms with Gasteiger partial charge in [-0.2, -0.15) is 0 Å². The fourth-order valence-electron chi connectivity index (χ4n) is 2.43. The average molecular weight is 270 g/mol. The smallest absolute Gasteiger partial charge is 0.00609 e. The number of aryl methyl sites for hydroxylation is 1. The third-order valence-corrected chi connectivity index (χ3v) is 3.60. The van der Waals surface area contributed by atoms with Crippen molar-refractivity contribution in [3.05, 3.63) is 42.0 Å². The summed E-state index contributed by atoms with van der Waals surface area (Å²) in [5.41, 5.74) is 4.39. The average Bonchev–Trinajstić information content (AvgIpc) is 2.41. The molecule has 1 atom stereocenters. The first kappa shape index (κ1) is 16.4. The second-order valence-corrected chi connectivity index (χ2v) is 5.65. The van der Waals surface area contributed by atoms with Crippen molar-refractivity contribution in [2.24, 2.45) is 5.92 Å². The van der Waals surface area contributed by atoms with Crippen LogP contribution in [0.25, 0.3) is 5.57 Å². The normalized spacial score (nSPS) is 11.9. The molecule has 0 heterocycles. The molecule has 0 radical (unpaired) electrons. The fraction of sp³-hybridized carbons (Fsp3) is 0.444. The van der Waals surface area contributed by atoms with Crippen molar-refractivity contribution in [1.82, 2.24) is 0 Å². The van der Waals surface area contributed by atoms with Crippen LogP contribution in [-0.2, 0) is 6.42 Å². The Labute approximate surface area is 122 Å². The molecule has 0 fully saturated rings. The maximum atomic E-state index is 7.65. The predicted molar refractivity (Wildman–Crippen MR) is 89.0 cm³/mol. The van der Waals surface area contributed by atoms with Gasteiger partial charge in [0.15, 0.2) is 0 Å². The standard InChI is InChI=1S/C18H26N2/c1-14(2)18-10-8-16(9-11-18)6-7-17(5-4-12-19)13-15(3)20/h8-12,17,19-20H,1,4-7,13H2,2-3H3. The van der Waals surface area contributed by atoms with Gasteiger partial charge in [-0.15, -0.1) is 0 Å². The van der Waals surface area contributed by atoms with Crippen molar-refractivity contribution in [1.29, 1.82) is 10.8 Å². The Morgan fingerprint density at radius 1 is 1.20 bits per heavy atom. The van der Waals surface area contributed by atoms with Crippen LogP contribution in [0.15, 0.2) is 30.8 Å². The van der Waals surface area contributed by atoms with Crippen LogP contribution in [0.4, 0.5) is 0 Å². The van der Waals surface area contributed by atoms with E-state index >= 15 is 0 Å². The summed E-state index contributed by atoms with van der Waals surface area (Å²) in [6, 6.07) is 8.61. The van der Waals surface area contributed by atoms with Gasteiger partial charge in [0, 0.05) is 5.71 Å². The van der Waals surface area contributed by atoms with Crippen molar-refractivity contribution in [2.75, 3.05) is 0 Å². The molecule has 1 unspecified atom stereocenters. The highest BCUT2D eigenvalue weighted by atomic mass is 14.4. The molecular weight excluding hydrogens is 244 g/mol. The second kappa shape index (κ2) is 8.47. The van der Waals surface area contributed by atoms with Crippen LogP contribution in [0.2, 0.25) is 0 Å². The summed E-state index contributed by atoms with van der Waals surface area (Å²) in [5, 5.41) is 14.8. The molecule has 0 amide bonds. The summed E-state index contributed by atoms with van der Waals surface area (Å²) in [7, 11) is 0. The van der Waals surface area contributed by atoms with Gasteiger partial charge in [-0.25, -0.2) is 0 Å². The van der Waals surface area contributed by atoms with Gasteiger partial charge < -0.3 is 10.8 Å². The molecule has 1 aromatic rings. The maximum Gasteiger partial charge on any atom is 0.00609 e. The van der Waals surface area contributed by atoms with Crippen molar-refractivity contribution in [3.8, 4) is 0 Å². The lowest BCUT2D eigenvalue weighted by molar-refractivity contribution is 0.475. The van der Waals surface area contributed by atoms with E-state index in [1.807, 2.05) is 13.8 Å². The summed E-state index contributed by atoms with van der Waals surface area (Å²) in [4.78, 5) is 0. The first-order valence-electron chi connectivity index (χ1n) is 7.30. The minimum atomic E-state index is 0.523. The monoisotopic (exact) mass is 270 g/mol. The van der Waals surface area contributed by atoms with Crippen molar-refractivity contribution in [3.63, 3.8) is 0 Å². The van der Waals surface area contributed by atoms with Gasteiger partial charge in [-0.05, 0) is 69.2 Å². The lowest BCUT2D eigenvalue weighted by atomic mass is 9.90. The van der Waals surface area contributed by atoms with E-state index in [-0.39, 0.29) is 0 Å². The highest BCUT2D eigenvalue weighted by molar-refractivity contribution is 5.78. The van der Waals surface area contributed by atoms with Gasteiger partial charge in [0.2, 0.25) is 0 Å². The van der Waals surface area contributed by atoms with E-state index in [4.69, 9.17) is 10.8 Å². The molecule has 0 aliphatic rings. The molecule has 0 bridgehead atoms. The number of hydrogen-bond donors (Lipinski definition) is 2. The summed E-state index contributed by atoms with van der Waals surface area (Å²) in [5.74, 6) is 0.523. The minimum Gasteiger partial charge on any atom is -0.313 e. The molecule has 108 valence electrons. The lowest BCUT2D eigenvalue weighted by Crippen LogP contribution is -2.07. The third-order valence-electron chi connectivity index (χ3n) is 3.60. The van der Waals surface area contributed by atoms with E-state index in [1.165, 1.54) is 17.3 Å². The molecule has 0 aliphatic heterocycles. The van der Waals surface area contributed by atoms with E-state index in [9.17, 15) is 0 Å². The molecule has 1 aromatic carbocycles. The van der Waals surface area contributed by atoms with E-state index in [2.05, 4.69) is 30.8 Å². The molecule has 20 heavy (non-hydrogen) atoms.